The first kappa shape index (κ1) is 28.1. The number of piperidine rings is 1. The van der Waals surface area contributed by atoms with Crippen LogP contribution < -0.4 is 4.90 Å². The minimum atomic E-state index is -0.116. The van der Waals surface area contributed by atoms with E-state index in [1.165, 1.54) is 5.56 Å². The summed E-state index contributed by atoms with van der Waals surface area (Å²) in [7, 11) is 0. The Morgan fingerprint density at radius 2 is 1.70 bits per heavy atom. The number of hydrogen-bond donors (Lipinski definition) is 0. The summed E-state index contributed by atoms with van der Waals surface area (Å²) in [6.45, 7) is 10.3. The largest absolute Gasteiger partial charge is 0.361 e. The van der Waals surface area contributed by atoms with E-state index in [2.05, 4.69) is 46.5 Å². The number of carbonyl (C=O) groups is 2. The first-order valence-electron chi connectivity index (χ1n) is 14.7. The van der Waals surface area contributed by atoms with Gasteiger partial charge < -0.3 is 14.3 Å². The highest BCUT2D eigenvalue weighted by atomic mass is 16.5. The van der Waals surface area contributed by atoms with Crippen LogP contribution in [0.1, 0.15) is 67.7 Å². The Labute approximate surface area is 238 Å². The van der Waals surface area contributed by atoms with Crippen molar-refractivity contribution in [3.05, 3.63) is 82.7 Å². The predicted octanol–water partition coefficient (Wildman–Crippen LogP) is 5.68. The normalized spacial score (nSPS) is 20.2. The van der Waals surface area contributed by atoms with Crippen LogP contribution in [-0.2, 0) is 29.1 Å². The zero-order valence-corrected chi connectivity index (χ0v) is 24.3. The Hall–Kier alpha value is -3.45. The number of hydrogen-bond acceptors (Lipinski definition) is 5. The molecule has 2 aliphatic heterocycles. The number of rotatable bonds is 5. The first-order chi connectivity index (χ1) is 19.3. The number of aromatic nitrogens is 1. The van der Waals surface area contributed by atoms with Gasteiger partial charge >= 0.3 is 0 Å². The molecule has 2 aromatic carbocycles. The Kier molecular flexibility index (Phi) is 8.69. The molecular weight excluding hydrogens is 500 g/mol. The molecule has 2 bridgehead atoms. The summed E-state index contributed by atoms with van der Waals surface area (Å²) >= 11 is 0. The maximum atomic E-state index is 14.0. The fourth-order valence-electron chi connectivity index (χ4n) is 6.36. The fourth-order valence-corrected chi connectivity index (χ4v) is 6.36. The molecule has 0 saturated carbocycles. The van der Waals surface area contributed by atoms with Gasteiger partial charge in [0, 0.05) is 55.4 Å². The van der Waals surface area contributed by atoms with E-state index in [0.29, 0.717) is 31.4 Å². The van der Waals surface area contributed by atoms with Crippen molar-refractivity contribution >= 4 is 17.5 Å². The maximum Gasteiger partial charge on any atom is 0.229 e. The van der Waals surface area contributed by atoms with Crippen LogP contribution in [0.4, 0.5) is 5.69 Å². The lowest BCUT2D eigenvalue weighted by Crippen LogP contribution is -2.52. The SMILES string of the molecule is Cc1noc(C)c1CC(=O)N1Cc2ccccc2N(C(=O)C(C)C)CCC2CCCC(C1)N2Cc1ccccc1. The minimum absolute atomic E-state index is 0.0620. The molecule has 2 aliphatic rings. The molecule has 3 heterocycles. The average molecular weight is 543 g/mol. The van der Waals surface area contributed by atoms with Crippen molar-refractivity contribution in [2.45, 2.75) is 85.0 Å². The molecule has 2 amide bonds. The van der Waals surface area contributed by atoms with E-state index in [9.17, 15) is 9.59 Å². The quantitative estimate of drug-likeness (QED) is 0.415. The van der Waals surface area contributed by atoms with Crippen LogP contribution in [0.5, 0.6) is 0 Å². The van der Waals surface area contributed by atoms with Gasteiger partial charge in [-0.05, 0) is 50.3 Å². The number of fused-ring (bicyclic) bond motifs is 3. The van der Waals surface area contributed by atoms with Crippen LogP contribution in [0.25, 0.3) is 0 Å². The van der Waals surface area contributed by atoms with Crippen molar-refractivity contribution < 1.29 is 14.1 Å². The molecule has 0 aliphatic carbocycles. The Morgan fingerprint density at radius 3 is 2.42 bits per heavy atom. The number of nitrogens with zero attached hydrogens (tertiary/aromatic N) is 4. The summed E-state index contributed by atoms with van der Waals surface area (Å²) in [4.78, 5) is 34.2. The third-order valence-electron chi connectivity index (χ3n) is 8.60. The lowest BCUT2D eigenvalue weighted by molar-refractivity contribution is -0.132. The third-order valence-corrected chi connectivity index (χ3v) is 8.60. The summed E-state index contributed by atoms with van der Waals surface area (Å²) in [5, 5.41) is 4.08. The van der Waals surface area contributed by atoms with Gasteiger partial charge in [-0.2, -0.15) is 0 Å². The molecule has 1 aromatic heterocycles. The van der Waals surface area contributed by atoms with E-state index in [1.807, 2.05) is 55.7 Å². The summed E-state index contributed by atoms with van der Waals surface area (Å²) in [5.74, 6) is 0.769. The lowest BCUT2D eigenvalue weighted by Gasteiger charge is -2.44. The molecule has 0 radical (unpaired) electrons. The van der Waals surface area contributed by atoms with E-state index in [4.69, 9.17) is 4.52 Å². The topological polar surface area (TPSA) is 69.9 Å². The van der Waals surface area contributed by atoms with Crippen LogP contribution in [0, 0.1) is 19.8 Å². The maximum absolute atomic E-state index is 14.0. The van der Waals surface area contributed by atoms with Crippen molar-refractivity contribution in [2.24, 2.45) is 5.92 Å². The van der Waals surface area contributed by atoms with Crippen molar-refractivity contribution in [1.82, 2.24) is 15.0 Å². The van der Waals surface area contributed by atoms with Crippen molar-refractivity contribution in [1.29, 1.82) is 0 Å². The summed E-state index contributed by atoms with van der Waals surface area (Å²) in [5.41, 5.74) is 4.84. The van der Waals surface area contributed by atoms with Crippen LogP contribution in [0.3, 0.4) is 0 Å². The second-order valence-corrected chi connectivity index (χ2v) is 11.7. The standard InChI is InChI=1S/C33H42N4O3/c1-23(2)33(39)36-18-17-28-14-10-15-29(37(28)20-26-11-6-5-7-12-26)22-35(21-27-13-8-9-16-31(27)36)32(38)19-30-24(3)34-40-25(30)4/h5-9,11-13,16,23,28-29H,10,14-15,17-22H2,1-4H3. The van der Waals surface area contributed by atoms with Crippen molar-refractivity contribution in [3.8, 4) is 0 Å². The Balaban J connectivity index is 1.55. The Morgan fingerprint density at radius 1 is 0.975 bits per heavy atom. The second-order valence-electron chi connectivity index (χ2n) is 11.7. The van der Waals surface area contributed by atoms with Gasteiger partial charge in [0.1, 0.15) is 5.76 Å². The smallest absolute Gasteiger partial charge is 0.229 e. The average Bonchev–Trinajstić information content (AvgIpc) is 3.26. The number of aryl methyl sites for hydroxylation is 2. The van der Waals surface area contributed by atoms with Crippen molar-refractivity contribution in [2.75, 3.05) is 18.0 Å². The van der Waals surface area contributed by atoms with E-state index in [1.54, 1.807) is 0 Å². The van der Waals surface area contributed by atoms with E-state index >= 15 is 0 Å². The number of amides is 2. The molecule has 7 heteroatoms. The van der Waals surface area contributed by atoms with Gasteiger partial charge in [-0.3, -0.25) is 14.5 Å². The summed E-state index contributed by atoms with van der Waals surface area (Å²) < 4.78 is 5.38. The van der Waals surface area contributed by atoms with Crippen LogP contribution >= 0.6 is 0 Å². The van der Waals surface area contributed by atoms with Gasteiger partial charge in [0.05, 0.1) is 12.1 Å². The molecular formula is C33H42N4O3. The summed E-state index contributed by atoms with van der Waals surface area (Å²) in [6.07, 6.45) is 4.43. The zero-order valence-electron chi connectivity index (χ0n) is 24.3. The van der Waals surface area contributed by atoms with E-state index < -0.39 is 0 Å². The molecule has 5 rings (SSSR count). The Bertz CT molecular complexity index is 1300. The highest BCUT2D eigenvalue weighted by molar-refractivity contribution is 5.95. The fraction of sp³-hybridized carbons (Fsp3) is 0.485. The second kappa shape index (κ2) is 12.4. The number of para-hydroxylation sites is 1. The van der Waals surface area contributed by atoms with E-state index in [-0.39, 0.29) is 30.2 Å². The zero-order chi connectivity index (χ0) is 28.2. The van der Waals surface area contributed by atoms with Crippen molar-refractivity contribution in [3.63, 3.8) is 0 Å². The molecule has 0 N–H and O–H groups in total. The van der Waals surface area contributed by atoms with E-state index in [0.717, 1.165) is 54.7 Å². The molecule has 3 aromatic rings. The number of benzene rings is 2. The van der Waals surface area contributed by atoms with Gasteiger partial charge in [-0.25, -0.2) is 0 Å². The molecule has 2 unspecified atom stereocenters. The van der Waals surface area contributed by atoms with Gasteiger partial charge in [-0.1, -0.05) is 74.0 Å². The molecule has 7 nitrogen and oxygen atoms in total. The first-order valence-corrected chi connectivity index (χ1v) is 14.7. The van der Waals surface area contributed by atoms with Gasteiger partial charge in [0.15, 0.2) is 0 Å². The summed E-state index contributed by atoms with van der Waals surface area (Å²) in [6, 6.07) is 19.3. The highest BCUT2D eigenvalue weighted by Gasteiger charge is 2.35. The molecule has 1 fully saturated rings. The number of carbonyl (C=O) groups excluding carboxylic acids is 2. The lowest BCUT2D eigenvalue weighted by atomic mass is 9.92. The van der Waals surface area contributed by atoms with Crippen LogP contribution in [0.15, 0.2) is 59.1 Å². The van der Waals surface area contributed by atoms with Gasteiger partial charge in [-0.15, -0.1) is 0 Å². The molecule has 212 valence electrons. The van der Waals surface area contributed by atoms with Gasteiger partial charge in [0.25, 0.3) is 0 Å². The third kappa shape index (κ3) is 6.15. The van der Waals surface area contributed by atoms with Crippen LogP contribution in [0.2, 0.25) is 0 Å². The minimum Gasteiger partial charge on any atom is -0.361 e. The highest BCUT2D eigenvalue weighted by Crippen LogP contribution is 2.32. The number of anilines is 1. The molecule has 40 heavy (non-hydrogen) atoms. The molecule has 1 saturated heterocycles. The molecule has 0 spiro atoms. The molecule has 2 atom stereocenters. The van der Waals surface area contributed by atoms with Crippen LogP contribution in [-0.4, -0.2) is 51.9 Å². The predicted molar refractivity (Wildman–Crippen MR) is 157 cm³/mol. The van der Waals surface area contributed by atoms with Gasteiger partial charge in [0.2, 0.25) is 11.8 Å². The monoisotopic (exact) mass is 542 g/mol.